The largest absolute Gasteiger partial charge is 0.228 e. The fourth-order valence-corrected chi connectivity index (χ4v) is 6.74. The molecule has 46 heavy (non-hydrogen) atoms. The lowest BCUT2D eigenvalue weighted by Gasteiger charge is -2.15. The second-order valence-electron chi connectivity index (χ2n) is 11.8. The molecule has 1 aromatic heterocycles. The third-order valence-electron chi connectivity index (χ3n) is 9.05. The Kier molecular flexibility index (Phi) is 6.17. The van der Waals surface area contributed by atoms with Crippen molar-refractivity contribution in [2.24, 2.45) is 0 Å². The molecule has 9 aromatic rings. The van der Waals surface area contributed by atoms with Gasteiger partial charge in [0.15, 0.2) is 5.82 Å². The van der Waals surface area contributed by atoms with Crippen molar-refractivity contribution in [2.75, 3.05) is 0 Å². The molecule has 0 spiro atoms. The van der Waals surface area contributed by atoms with Gasteiger partial charge in [0.05, 0.1) is 11.4 Å². The Balaban J connectivity index is 1.26. The van der Waals surface area contributed by atoms with E-state index < -0.39 is 0 Å². The van der Waals surface area contributed by atoms with Crippen LogP contribution in [0.1, 0.15) is 0 Å². The zero-order valence-corrected chi connectivity index (χ0v) is 25.1. The molecular formula is C44H28N2. The quantitative estimate of drug-likeness (QED) is 0.152. The molecule has 0 unspecified atom stereocenters. The first-order valence-electron chi connectivity index (χ1n) is 15.7. The van der Waals surface area contributed by atoms with E-state index >= 15 is 0 Å². The van der Waals surface area contributed by atoms with E-state index in [9.17, 15) is 0 Å². The minimum absolute atomic E-state index is 0.716. The van der Waals surface area contributed by atoms with Crippen molar-refractivity contribution in [3.63, 3.8) is 0 Å². The van der Waals surface area contributed by atoms with E-state index in [0.717, 1.165) is 28.1 Å². The van der Waals surface area contributed by atoms with Gasteiger partial charge in [0, 0.05) is 16.7 Å². The van der Waals surface area contributed by atoms with Crippen molar-refractivity contribution in [1.82, 2.24) is 9.97 Å². The Morgan fingerprint density at radius 2 is 0.891 bits per heavy atom. The topological polar surface area (TPSA) is 25.8 Å². The third kappa shape index (κ3) is 4.51. The number of nitrogens with zero attached hydrogens (tertiary/aromatic N) is 2. The van der Waals surface area contributed by atoms with E-state index in [-0.39, 0.29) is 0 Å². The Hall–Kier alpha value is -6.12. The van der Waals surface area contributed by atoms with Crippen LogP contribution in [0.4, 0.5) is 0 Å². The molecule has 8 aromatic carbocycles. The van der Waals surface area contributed by atoms with Gasteiger partial charge in [-0.3, -0.25) is 0 Å². The van der Waals surface area contributed by atoms with Crippen LogP contribution in [-0.2, 0) is 0 Å². The average Bonchev–Trinajstić information content (AvgIpc) is 3.14. The van der Waals surface area contributed by atoms with Crippen LogP contribution in [0.25, 0.3) is 88.1 Å². The third-order valence-corrected chi connectivity index (χ3v) is 9.05. The maximum atomic E-state index is 5.26. The van der Waals surface area contributed by atoms with Gasteiger partial charge in [-0.2, -0.15) is 0 Å². The lowest BCUT2D eigenvalue weighted by Crippen LogP contribution is -1.97. The molecule has 0 saturated heterocycles. The van der Waals surface area contributed by atoms with E-state index in [4.69, 9.17) is 9.97 Å². The highest BCUT2D eigenvalue weighted by Crippen LogP contribution is 2.40. The zero-order valence-electron chi connectivity index (χ0n) is 25.1. The van der Waals surface area contributed by atoms with Crippen LogP contribution in [0.3, 0.4) is 0 Å². The number of hydrogen-bond acceptors (Lipinski definition) is 2. The fourth-order valence-electron chi connectivity index (χ4n) is 6.74. The van der Waals surface area contributed by atoms with E-state index in [1.54, 1.807) is 0 Å². The van der Waals surface area contributed by atoms with Crippen LogP contribution < -0.4 is 0 Å². The normalized spacial score (nSPS) is 11.5. The molecule has 1 heterocycles. The van der Waals surface area contributed by atoms with Crippen molar-refractivity contribution in [1.29, 1.82) is 0 Å². The standard InChI is InChI=1S/C44H28N2/c1-2-12-33(13-3-1)44-45-41(32-21-18-30(19-22-32)35-23-20-29-10-4-5-14-34(29)26-35)28-42(46-44)43-38-17-9-7-15-36(38)27-40-37-16-8-6-11-31(37)24-25-39(40)43/h1-28H. The summed E-state index contributed by atoms with van der Waals surface area (Å²) in [5, 5.41) is 9.76. The number of rotatable bonds is 4. The summed E-state index contributed by atoms with van der Waals surface area (Å²) in [5.41, 5.74) is 7.38. The highest BCUT2D eigenvalue weighted by atomic mass is 14.9. The predicted octanol–water partition coefficient (Wildman–Crippen LogP) is 11.8. The van der Waals surface area contributed by atoms with Gasteiger partial charge in [-0.15, -0.1) is 0 Å². The Bertz CT molecular complexity index is 2570. The molecule has 0 atom stereocenters. The average molecular weight is 585 g/mol. The molecule has 0 saturated carbocycles. The van der Waals surface area contributed by atoms with Crippen molar-refractivity contribution in [2.45, 2.75) is 0 Å². The van der Waals surface area contributed by atoms with Gasteiger partial charge in [0.25, 0.3) is 0 Å². The van der Waals surface area contributed by atoms with Gasteiger partial charge in [0.2, 0.25) is 0 Å². The van der Waals surface area contributed by atoms with E-state index in [1.807, 2.05) is 18.2 Å². The molecule has 2 heteroatoms. The lowest BCUT2D eigenvalue weighted by atomic mass is 9.91. The summed E-state index contributed by atoms with van der Waals surface area (Å²) in [7, 11) is 0. The first-order chi connectivity index (χ1) is 22.8. The number of fused-ring (bicyclic) bond motifs is 5. The first-order valence-corrected chi connectivity index (χ1v) is 15.7. The molecule has 0 fully saturated rings. The van der Waals surface area contributed by atoms with Crippen molar-refractivity contribution >= 4 is 43.1 Å². The SMILES string of the molecule is c1ccc(-c2nc(-c3ccc(-c4ccc5ccccc5c4)cc3)cc(-c3c4ccccc4cc4c3ccc3ccccc34)n2)cc1. The molecular weight excluding hydrogens is 556 g/mol. The summed E-state index contributed by atoms with van der Waals surface area (Å²) in [5.74, 6) is 0.716. The maximum Gasteiger partial charge on any atom is 0.160 e. The fraction of sp³-hybridized carbons (Fsp3) is 0. The maximum absolute atomic E-state index is 5.26. The second-order valence-corrected chi connectivity index (χ2v) is 11.8. The zero-order chi connectivity index (χ0) is 30.5. The molecule has 0 aliphatic heterocycles. The molecule has 0 bridgehead atoms. The molecule has 0 radical (unpaired) electrons. The molecule has 0 aliphatic carbocycles. The molecule has 214 valence electrons. The minimum Gasteiger partial charge on any atom is -0.228 e. The van der Waals surface area contributed by atoms with Crippen LogP contribution in [0.2, 0.25) is 0 Å². The molecule has 0 N–H and O–H groups in total. The highest BCUT2D eigenvalue weighted by molar-refractivity contribution is 6.19. The highest BCUT2D eigenvalue weighted by Gasteiger charge is 2.17. The van der Waals surface area contributed by atoms with Gasteiger partial charge in [-0.25, -0.2) is 9.97 Å². The van der Waals surface area contributed by atoms with Gasteiger partial charge < -0.3 is 0 Å². The lowest BCUT2D eigenvalue weighted by molar-refractivity contribution is 1.19. The van der Waals surface area contributed by atoms with E-state index in [2.05, 4.69) is 152 Å². The summed E-state index contributed by atoms with van der Waals surface area (Å²) < 4.78 is 0. The van der Waals surface area contributed by atoms with Gasteiger partial charge in [-0.1, -0.05) is 152 Å². The van der Waals surface area contributed by atoms with E-state index in [1.165, 1.54) is 54.2 Å². The number of aromatic nitrogens is 2. The summed E-state index contributed by atoms with van der Waals surface area (Å²) in [6.07, 6.45) is 0. The molecule has 2 nitrogen and oxygen atoms in total. The summed E-state index contributed by atoms with van der Waals surface area (Å²) >= 11 is 0. The van der Waals surface area contributed by atoms with Crippen LogP contribution in [-0.4, -0.2) is 9.97 Å². The van der Waals surface area contributed by atoms with Gasteiger partial charge in [0.1, 0.15) is 0 Å². The van der Waals surface area contributed by atoms with Crippen LogP contribution >= 0.6 is 0 Å². The molecule has 9 rings (SSSR count). The monoisotopic (exact) mass is 584 g/mol. The first kappa shape index (κ1) is 26.3. The van der Waals surface area contributed by atoms with Crippen LogP contribution in [0.5, 0.6) is 0 Å². The Labute approximate surface area is 267 Å². The number of benzene rings is 8. The summed E-state index contributed by atoms with van der Waals surface area (Å²) in [6, 6.07) is 60.4. The van der Waals surface area contributed by atoms with E-state index in [0.29, 0.717) is 5.82 Å². The summed E-state index contributed by atoms with van der Waals surface area (Å²) in [4.78, 5) is 10.4. The summed E-state index contributed by atoms with van der Waals surface area (Å²) in [6.45, 7) is 0. The van der Waals surface area contributed by atoms with Crippen LogP contribution in [0.15, 0.2) is 170 Å². The van der Waals surface area contributed by atoms with Crippen molar-refractivity contribution in [3.8, 4) is 45.0 Å². The Morgan fingerprint density at radius 3 is 1.72 bits per heavy atom. The predicted molar refractivity (Wildman–Crippen MR) is 194 cm³/mol. The number of hydrogen-bond donors (Lipinski definition) is 0. The van der Waals surface area contributed by atoms with Gasteiger partial charge in [-0.05, 0) is 72.4 Å². The van der Waals surface area contributed by atoms with Gasteiger partial charge >= 0.3 is 0 Å². The molecule has 0 amide bonds. The molecule has 0 aliphatic rings. The van der Waals surface area contributed by atoms with Crippen molar-refractivity contribution in [3.05, 3.63) is 170 Å². The Morgan fingerprint density at radius 1 is 0.283 bits per heavy atom. The van der Waals surface area contributed by atoms with Crippen molar-refractivity contribution < 1.29 is 0 Å². The minimum atomic E-state index is 0.716. The second kappa shape index (κ2) is 10.8. The smallest absolute Gasteiger partial charge is 0.160 e. The van der Waals surface area contributed by atoms with Crippen LogP contribution in [0, 0.1) is 0 Å².